The second kappa shape index (κ2) is 6.02. The molecule has 0 saturated carbocycles. The van der Waals surface area contributed by atoms with Crippen molar-refractivity contribution in [1.82, 2.24) is 9.55 Å². The highest BCUT2D eigenvalue weighted by atomic mass is 19.3. The topological polar surface area (TPSA) is 60.1 Å². The third-order valence-corrected chi connectivity index (χ3v) is 2.57. The van der Waals surface area contributed by atoms with E-state index in [1.54, 1.807) is 12.1 Å². The van der Waals surface area contributed by atoms with Gasteiger partial charge in [-0.25, -0.2) is 4.98 Å². The molecule has 1 aromatic carbocycles. The van der Waals surface area contributed by atoms with Gasteiger partial charge in [-0.15, -0.1) is 0 Å². The van der Waals surface area contributed by atoms with Gasteiger partial charge >= 0.3 is 6.55 Å². The summed E-state index contributed by atoms with van der Waals surface area (Å²) in [6.07, 6.45) is 2.45. The number of hydrogen-bond acceptors (Lipinski definition) is 4. The number of benzene rings is 1. The van der Waals surface area contributed by atoms with Gasteiger partial charge in [-0.1, -0.05) is 0 Å². The Morgan fingerprint density at radius 1 is 1.35 bits per heavy atom. The molecule has 0 saturated heterocycles. The number of nitrogens with zero attached hydrogens (tertiary/aromatic N) is 3. The lowest BCUT2D eigenvalue weighted by atomic mass is 10.2. The highest BCUT2D eigenvalue weighted by molar-refractivity contribution is 5.43. The molecule has 5 nitrogen and oxygen atoms in total. The number of rotatable bonds is 5. The molecule has 2 aromatic rings. The Morgan fingerprint density at radius 2 is 2.10 bits per heavy atom. The van der Waals surface area contributed by atoms with Gasteiger partial charge in [0.2, 0.25) is 0 Å². The van der Waals surface area contributed by atoms with Gasteiger partial charge in [-0.3, -0.25) is 4.57 Å². The van der Waals surface area contributed by atoms with Crippen molar-refractivity contribution in [1.29, 1.82) is 5.26 Å². The summed E-state index contributed by atoms with van der Waals surface area (Å²) in [5.41, 5.74) is 0.358. The Morgan fingerprint density at radius 3 is 2.75 bits per heavy atom. The Kier molecular flexibility index (Phi) is 4.15. The molecular weight excluding hydrogens is 268 g/mol. The number of hydrogen-bond donors (Lipinski definition) is 0. The maximum Gasteiger partial charge on any atom is 0.320 e. The first-order valence-electron chi connectivity index (χ1n) is 5.66. The van der Waals surface area contributed by atoms with Crippen molar-refractivity contribution in [2.24, 2.45) is 0 Å². The normalized spacial score (nSPS) is 10.3. The summed E-state index contributed by atoms with van der Waals surface area (Å²) in [7, 11) is 1.46. The number of aromatic nitrogens is 2. The van der Waals surface area contributed by atoms with Crippen LogP contribution in [0.5, 0.6) is 11.5 Å². The SMILES string of the molecule is COc1cc(C#N)cc(OCc2nccn2C(F)F)c1. The molecule has 0 bridgehead atoms. The number of nitriles is 1. The largest absolute Gasteiger partial charge is 0.497 e. The third-order valence-electron chi connectivity index (χ3n) is 2.57. The van der Waals surface area contributed by atoms with E-state index in [-0.39, 0.29) is 12.4 Å². The highest BCUT2D eigenvalue weighted by Crippen LogP contribution is 2.23. The molecule has 0 aliphatic heterocycles. The minimum atomic E-state index is -2.67. The van der Waals surface area contributed by atoms with E-state index in [4.69, 9.17) is 14.7 Å². The second-order valence-corrected chi connectivity index (χ2v) is 3.83. The average molecular weight is 279 g/mol. The molecule has 7 heteroatoms. The van der Waals surface area contributed by atoms with Gasteiger partial charge in [0.15, 0.2) is 5.82 Å². The summed E-state index contributed by atoms with van der Waals surface area (Å²) in [6, 6.07) is 6.58. The molecule has 0 spiro atoms. The van der Waals surface area contributed by atoms with Crippen LogP contribution >= 0.6 is 0 Å². The minimum absolute atomic E-state index is 0.0985. The summed E-state index contributed by atoms with van der Waals surface area (Å²) in [4.78, 5) is 3.80. The van der Waals surface area contributed by atoms with Crippen LogP contribution < -0.4 is 9.47 Å². The van der Waals surface area contributed by atoms with Gasteiger partial charge in [-0.2, -0.15) is 14.0 Å². The van der Waals surface area contributed by atoms with E-state index in [1.165, 1.54) is 25.6 Å². The Bertz CT molecular complexity index is 635. The van der Waals surface area contributed by atoms with E-state index in [2.05, 4.69) is 4.98 Å². The van der Waals surface area contributed by atoms with Crippen LogP contribution in [0.2, 0.25) is 0 Å². The third kappa shape index (κ3) is 3.03. The molecule has 2 rings (SSSR count). The first-order valence-corrected chi connectivity index (χ1v) is 5.66. The lowest BCUT2D eigenvalue weighted by Crippen LogP contribution is -2.07. The molecule has 0 unspecified atom stereocenters. The smallest absolute Gasteiger partial charge is 0.320 e. The summed E-state index contributed by atoms with van der Waals surface area (Å²) < 4.78 is 36.4. The maximum absolute atomic E-state index is 12.6. The standard InChI is InChI=1S/C13H11F2N3O2/c1-19-10-4-9(7-16)5-11(6-10)20-8-12-17-2-3-18(12)13(14)15/h2-6,13H,8H2,1H3. The fourth-order valence-electron chi connectivity index (χ4n) is 1.62. The highest BCUT2D eigenvalue weighted by Gasteiger charge is 2.12. The molecule has 0 amide bonds. The molecule has 20 heavy (non-hydrogen) atoms. The number of imidazole rings is 1. The second-order valence-electron chi connectivity index (χ2n) is 3.83. The Hall–Kier alpha value is -2.62. The summed E-state index contributed by atoms with van der Waals surface area (Å²) in [6.45, 7) is -2.80. The summed E-state index contributed by atoms with van der Waals surface area (Å²) in [5.74, 6) is 0.905. The minimum Gasteiger partial charge on any atom is -0.497 e. The molecule has 0 N–H and O–H groups in total. The van der Waals surface area contributed by atoms with Gasteiger partial charge in [0.05, 0.1) is 18.7 Å². The van der Waals surface area contributed by atoms with Crippen molar-refractivity contribution < 1.29 is 18.3 Å². The zero-order chi connectivity index (χ0) is 14.5. The Labute approximate surface area is 114 Å². The quantitative estimate of drug-likeness (QED) is 0.844. The van der Waals surface area contributed by atoms with Crippen molar-refractivity contribution in [3.63, 3.8) is 0 Å². The van der Waals surface area contributed by atoms with E-state index in [1.807, 2.05) is 6.07 Å². The van der Waals surface area contributed by atoms with Gasteiger partial charge < -0.3 is 9.47 Å². The molecular formula is C13H11F2N3O2. The number of alkyl halides is 2. The van der Waals surface area contributed by atoms with Crippen molar-refractivity contribution in [3.05, 3.63) is 42.0 Å². The molecule has 104 valence electrons. The fourth-order valence-corrected chi connectivity index (χ4v) is 1.62. The van der Waals surface area contributed by atoms with E-state index >= 15 is 0 Å². The average Bonchev–Trinajstić information content (AvgIpc) is 2.93. The molecule has 0 atom stereocenters. The van der Waals surface area contributed by atoms with Crippen LogP contribution in [0.15, 0.2) is 30.6 Å². The lowest BCUT2D eigenvalue weighted by molar-refractivity contribution is 0.0632. The van der Waals surface area contributed by atoms with Crippen LogP contribution in [0.1, 0.15) is 17.9 Å². The monoisotopic (exact) mass is 279 g/mol. The van der Waals surface area contributed by atoms with Crippen molar-refractivity contribution in [2.75, 3.05) is 7.11 Å². The molecule has 0 aliphatic rings. The molecule has 1 aromatic heterocycles. The fraction of sp³-hybridized carbons (Fsp3) is 0.231. The van der Waals surface area contributed by atoms with Crippen LogP contribution in [0, 0.1) is 11.3 Å². The van der Waals surface area contributed by atoms with Crippen LogP contribution in [-0.2, 0) is 6.61 Å². The van der Waals surface area contributed by atoms with E-state index in [9.17, 15) is 8.78 Å². The number of halogens is 2. The van der Waals surface area contributed by atoms with Crippen molar-refractivity contribution >= 4 is 0 Å². The van der Waals surface area contributed by atoms with Gasteiger partial charge in [0, 0.05) is 18.5 Å². The first-order chi connectivity index (χ1) is 9.63. The van der Waals surface area contributed by atoms with E-state index in [0.29, 0.717) is 21.6 Å². The van der Waals surface area contributed by atoms with Crippen molar-refractivity contribution in [2.45, 2.75) is 13.2 Å². The Balaban J connectivity index is 2.14. The van der Waals surface area contributed by atoms with Crippen LogP contribution in [0.4, 0.5) is 8.78 Å². The summed E-state index contributed by atoms with van der Waals surface area (Å²) >= 11 is 0. The van der Waals surface area contributed by atoms with Gasteiger partial charge in [0.1, 0.15) is 18.1 Å². The predicted octanol–water partition coefficient (Wildman–Crippen LogP) is 2.74. The molecule has 0 aliphatic carbocycles. The predicted molar refractivity (Wildman–Crippen MR) is 65.5 cm³/mol. The molecule has 1 heterocycles. The van der Waals surface area contributed by atoms with Crippen LogP contribution in [0.3, 0.4) is 0 Å². The van der Waals surface area contributed by atoms with Crippen LogP contribution in [-0.4, -0.2) is 16.7 Å². The maximum atomic E-state index is 12.6. The summed E-state index contributed by atoms with van der Waals surface area (Å²) in [5, 5.41) is 8.87. The van der Waals surface area contributed by atoms with Crippen LogP contribution in [0.25, 0.3) is 0 Å². The molecule has 0 radical (unpaired) electrons. The zero-order valence-electron chi connectivity index (χ0n) is 10.6. The number of methoxy groups -OCH3 is 1. The zero-order valence-corrected chi connectivity index (χ0v) is 10.6. The van der Waals surface area contributed by atoms with Crippen molar-refractivity contribution in [3.8, 4) is 17.6 Å². The first kappa shape index (κ1) is 13.8. The number of ether oxygens (including phenoxy) is 2. The van der Waals surface area contributed by atoms with Gasteiger partial charge in [-0.05, 0) is 12.1 Å². The van der Waals surface area contributed by atoms with E-state index < -0.39 is 6.55 Å². The van der Waals surface area contributed by atoms with E-state index in [0.717, 1.165) is 0 Å². The van der Waals surface area contributed by atoms with Gasteiger partial charge in [0.25, 0.3) is 0 Å². The molecule has 0 fully saturated rings. The lowest BCUT2D eigenvalue weighted by Gasteiger charge is -2.10.